The Labute approximate surface area is 207 Å². The van der Waals surface area contributed by atoms with Crippen LogP contribution in [0.15, 0.2) is 42.5 Å². The van der Waals surface area contributed by atoms with Crippen LogP contribution >= 0.6 is 0 Å². The van der Waals surface area contributed by atoms with Gasteiger partial charge in [0.25, 0.3) is 0 Å². The molecule has 2 aliphatic heterocycles. The Kier molecular flexibility index (Phi) is 6.73. The maximum Gasteiger partial charge on any atom is 0.337 e. The third-order valence-corrected chi connectivity index (χ3v) is 6.83. The topological polar surface area (TPSA) is 93.9 Å². The van der Waals surface area contributed by atoms with Crippen LogP contribution in [0.25, 0.3) is 16.6 Å². The molecule has 2 aromatic carbocycles. The van der Waals surface area contributed by atoms with Crippen LogP contribution in [0.2, 0.25) is 0 Å². The molecule has 0 radical (unpaired) electrons. The molecule has 1 atom stereocenters. The number of esters is 1. The van der Waals surface area contributed by atoms with Crippen molar-refractivity contribution in [3.8, 4) is 5.75 Å². The zero-order valence-corrected chi connectivity index (χ0v) is 20.1. The van der Waals surface area contributed by atoms with Crippen molar-refractivity contribution in [2.24, 2.45) is 0 Å². The zero-order chi connectivity index (χ0) is 25.2. The predicted molar refractivity (Wildman–Crippen MR) is 131 cm³/mol. The summed E-state index contributed by atoms with van der Waals surface area (Å²) in [5.74, 6) is -1.12. The van der Waals surface area contributed by atoms with E-state index in [0.717, 1.165) is 30.3 Å². The summed E-state index contributed by atoms with van der Waals surface area (Å²) in [6.07, 6.45) is 5.01. The summed E-state index contributed by atoms with van der Waals surface area (Å²) < 4.78 is 26.7. The van der Waals surface area contributed by atoms with Crippen molar-refractivity contribution in [1.29, 1.82) is 0 Å². The number of fused-ring (bicyclic) bond motifs is 1. The van der Waals surface area contributed by atoms with E-state index < -0.39 is 17.5 Å². The Morgan fingerprint density at radius 3 is 2.89 bits per heavy atom. The van der Waals surface area contributed by atoms with Crippen LogP contribution in [-0.2, 0) is 27.4 Å². The summed E-state index contributed by atoms with van der Waals surface area (Å²) in [6, 6.07) is 9.53. The lowest BCUT2D eigenvalue weighted by Crippen LogP contribution is -2.35. The fourth-order valence-corrected chi connectivity index (χ4v) is 4.89. The van der Waals surface area contributed by atoms with Crippen LogP contribution in [0.3, 0.4) is 0 Å². The number of ether oxygens (including phenoxy) is 2. The fourth-order valence-electron chi connectivity index (χ4n) is 4.89. The minimum absolute atomic E-state index is 0.0243. The number of rotatable bonds is 6. The first kappa shape index (κ1) is 24.0. The number of carbonyl (C=O) groups is 2. The third kappa shape index (κ3) is 4.70. The molecule has 0 saturated carbocycles. The highest BCUT2D eigenvalue weighted by molar-refractivity contribution is 5.97. The van der Waals surface area contributed by atoms with Gasteiger partial charge in [0.05, 0.1) is 42.9 Å². The van der Waals surface area contributed by atoms with E-state index in [1.165, 1.54) is 25.3 Å². The van der Waals surface area contributed by atoms with Gasteiger partial charge in [-0.05, 0) is 55.5 Å². The molecule has 1 saturated heterocycles. The van der Waals surface area contributed by atoms with Gasteiger partial charge in [0, 0.05) is 24.8 Å². The number of aromatic hydroxyl groups is 1. The molecule has 0 unspecified atom stereocenters. The summed E-state index contributed by atoms with van der Waals surface area (Å²) in [6.45, 7) is 1.95. The molecular weight excluding hydrogens is 465 g/mol. The summed E-state index contributed by atoms with van der Waals surface area (Å²) in [7, 11) is 1.35. The number of hydrogen-bond acceptors (Lipinski definition) is 6. The number of hydrogen-bond donors (Lipinski definition) is 1. The molecule has 1 fully saturated rings. The first-order valence-electron chi connectivity index (χ1n) is 12.1. The van der Waals surface area contributed by atoms with Gasteiger partial charge in [0.2, 0.25) is 5.91 Å². The number of halogens is 1. The molecule has 5 rings (SSSR count). The number of nitrogens with zero attached hydrogens (tertiary/aromatic N) is 3. The molecule has 2 aliphatic rings. The number of aromatic nitrogens is 2. The lowest BCUT2D eigenvalue weighted by atomic mass is 9.98. The molecule has 36 heavy (non-hydrogen) atoms. The molecule has 0 spiro atoms. The van der Waals surface area contributed by atoms with E-state index in [4.69, 9.17) is 14.5 Å². The largest absolute Gasteiger partial charge is 0.504 e. The van der Waals surface area contributed by atoms with Crippen molar-refractivity contribution in [2.45, 2.75) is 44.9 Å². The third-order valence-electron chi connectivity index (χ3n) is 6.83. The van der Waals surface area contributed by atoms with Crippen molar-refractivity contribution >= 4 is 28.5 Å². The minimum Gasteiger partial charge on any atom is -0.504 e. The monoisotopic (exact) mass is 493 g/mol. The van der Waals surface area contributed by atoms with Gasteiger partial charge in [0.1, 0.15) is 5.82 Å². The molecular formula is C27H28FN3O5. The lowest BCUT2D eigenvalue weighted by molar-refractivity contribution is -0.127. The first-order valence-corrected chi connectivity index (χ1v) is 12.1. The van der Waals surface area contributed by atoms with Gasteiger partial charge in [-0.2, -0.15) is 0 Å². The Bertz CT molecular complexity index is 1340. The number of amides is 1. The van der Waals surface area contributed by atoms with Gasteiger partial charge in [-0.1, -0.05) is 12.1 Å². The molecule has 3 heterocycles. The summed E-state index contributed by atoms with van der Waals surface area (Å²) in [4.78, 5) is 31.6. The number of phenols is 1. The van der Waals surface area contributed by atoms with Gasteiger partial charge in [0.15, 0.2) is 11.6 Å². The van der Waals surface area contributed by atoms with Crippen molar-refractivity contribution in [3.05, 3.63) is 65.2 Å². The number of methoxy groups -OCH3 is 1. The SMILES string of the molecule is COC(=O)c1ccc2nc(CN3CCC(c4cccc(F)c4O)=CC3=O)n(C[C@@H]3CCCCO3)c2c1. The Morgan fingerprint density at radius 2 is 2.14 bits per heavy atom. The summed E-state index contributed by atoms with van der Waals surface area (Å²) in [5, 5.41) is 10.1. The van der Waals surface area contributed by atoms with E-state index in [-0.39, 0.29) is 18.6 Å². The van der Waals surface area contributed by atoms with E-state index in [2.05, 4.69) is 0 Å². The maximum atomic E-state index is 13.8. The average molecular weight is 494 g/mol. The number of phenolic OH excluding ortho intramolecular Hbond substituents is 1. The average Bonchev–Trinajstić information content (AvgIpc) is 3.23. The molecule has 1 aromatic heterocycles. The van der Waals surface area contributed by atoms with Crippen LogP contribution in [-0.4, -0.2) is 57.8 Å². The van der Waals surface area contributed by atoms with Crippen LogP contribution in [0.4, 0.5) is 4.39 Å². The Balaban J connectivity index is 1.45. The van der Waals surface area contributed by atoms with Crippen molar-refractivity contribution in [2.75, 3.05) is 20.3 Å². The van der Waals surface area contributed by atoms with Gasteiger partial charge in [-0.15, -0.1) is 0 Å². The normalized spacial score (nSPS) is 18.4. The molecule has 3 aromatic rings. The van der Waals surface area contributed by atoms with E-state index in [9.17, 15) is 19.1 Å². The van der Waals surface area contributed by atoms with Crippen LogP contribution in [0.5, 0.6) is 5.75 Å². The first-order chi connectivity index (χ1) is 17.4. The van der Waals surface area contributed by atoms with E-state index in [1.54, 1.807) is 29.2 Å². The van der Waals surface area contributed by atoms with E-state index >= 15 is 0 Å². The van der Waals surface area contributed by atoms with Gasteiger partial charge in [-0.3, -0.25) is 4.79 Å². The predicted octanol–water partition coefficient (Wildman–Crippen LogP) is 4.05. The second-order valence-corrected chi connectivity index (χ2v) is 9.14. The Hall–Kier alpha value is -3.72. The molecule has 1 amide bonds. The van der Waals surface area contributed by atoms with E-state index in [0.29, 0.717) is 48.6 Å². The lowest BCUT2D eigenvalue weighted by Gasteiger charge is -2.28. The molecule has 188 valence electrons. The van der Waals surface area contributed by atoms with Crippen molar-refractivity contribution in [1.82, 2.24) is 14.5 Å². The number of para-hydroxylation sites is 1. The quantitative estimate of drug-likeness (QED) is 0.521. The Morgan fingerprint density at radius 1 is 1.28 bits per heavy atom. The molecule has 8 nitrogen and oxygen atoms in total. The van der Waals surface area contributed by atoms with Gasteiger partial charge in [-0.25, -0.2) is 14.2 Å². The fraction of sp³-hybridized carbons (Fsp3) is 0.370. The second-order valence-electron chi connectivity index (χ2n) is 9.14. The number of imidazole rings is 1. The highest BCUT2D eigenvalue weighted by atomic mass is 19.1. The number of carbonyl (C=O) groups excluding carboxylic acids is 2. The van der Waals surface area contributed by atoms with Crippen molar-refractivity contribution < 1.29 is 28.6 Å². The number of benzene rings is 2. The zero-order valence-electron chi connectivity index (χ0n) is 20.1. The maximum absolute atomic E-state index is 13.8. The highest BCUT2D eigenvalue weighted by Gasteiger charge is 2.25. The summed E-state index contributed by atoms with van der Waals surface area (Å²) in [5.41, 5.74) is 2.87. The standard InChI is InChI=1S/C27H28FN3O5/c1-35-27(34)18-8-9-22-23(13-18)31(15-19-5-2-3-12-36-19)24(29-22)16-30-11-10-17(14-25(30)32)20-6-4-7-21(28)26(20)33/h4,6-9,13-14,19,33H,2-3,5,10-12,15-16H2,1H3/t19-/m0/s1. The highest BCUT2D eigenvalue weighted by Crippen LogP contribution is 2.32. The van der Waals surface area contributed by atoms with Crippen LogP contribution in [0, 0.1) is 5.82 Å². The smallest absolute Gasteiger partial charge is 0.337 e. The van der Waals surface area contributed by atoms with Gasteiger partial charge >= 0.3 is 5.97 Å². The summed E-state index contributed by atoms with van der Waals surface area (Å²) >= 11 is 0. The second kappa shape index (κ2) is 10.1. The molecule has 0 aliphatic carbocycles. The van der Waals surface area contributed by atoms with Crippen LogP contribution in [0.1, 0.15) is 47.4 Å². The molecule has 1 N–H and O–H groups in total. The van der Waals surface area contributed by atoms with Crippen LogP contribution < -0.4 is 0 Å². The minimum atomic E-state index is -0.715. The van der Waals surface area contributed by atoms with Gasteiger partial charge < -0.3 is 24.0 Å². The molecule has 9 heteroatoms. The molecule has 0 bridgehead atoms. The van der Waals surface area contributed by atoms with Crippen molar-refractivity contribution in [3.63, 3.8) is 0 Å². The van der Waals surface area contributed by atoms with E-state index in [1.807, 2.05) is 4.57 Å².